The molecule has 0 aliphatic heterocycles. The average Bonchev–Trinajstić information content (AvgIpc) is 2.50. The first kappa shape index (κ1) is 18.9. The lowest BCUT2D eigenvalue weighted by Crippen LogP contribution is -2.16. The molecule has 0 aromatic heterocycles. The molecule has 134 valence electrons. The maximum atomic E-state index is 13.7. The van der Waals surface area contributed by atoms with Gasteiger partial charge in [-0.15, -0.1) is 0 Å². The Labute approximate surface area is 139 Å². The zero-order chi connectivity index (χ0) is 17.7. The molecule has 0 spiro atoms. The molecular weight excluding hydrogens is 323 g/mol. The summed E-state index contributed by atoms with van der Waals surface area (Å²) in [6.07, 6.45) is 5.91. The van der Waals surface area contributed by atoms with Crippen LogP contribution in [0.4, 0.5) is 22.0 Å². The smallest absolute Gasteiger partial charge is 0.206 e. The Hall–Kier alpha value is -1.39. The van der Waals surface area contributed by atoms with Gasteiger partial charge in [-0.2, -0.15) is 13.2 Å². The summed E-state index contributed by atoms with van der Waals surface area (Å²) in [5, 5.41) is 0. The van der Waals surface area contributed by atoms with Crippen LogP contribution in [0.1, 0.15) is 68.9 Å². The molecule has 1 fully saturated rings. The van der Waals surface area contributed by atoms with Gasteiger partial charge >= 0.3 is 6.18 Å². The van der Waals surface area contributed by atoms with Crippen molar-refractivity contribution in [2.75, 3.05) is 0 Å². The molecule has 5 heteroatoms. The highest BCUT2D eigenvalue weighted by Crippen LogP contribution is 2.40. The van der Waals surface area contributed by atoms with E-state index < -0.39 is 23.4 Å². The third-order valence-electron chi connectivity index (χ3n) is 4.81. The molecule has 0 unspecified atom stereocenters. The molecule has 0 amide bonds. The Morgan fingerprint density at radius 3 is 2.08 bits per heavy atom. The van der Waals surface area contributed by atoms with E-state index in [0.29, 0.717) is 11.5 Å². The second-order valence-electron chi connectivity index (χ2n) is 6.53. The van der Waals surface area contributed by atoms with Gasteiger partial charge in [-0.1, -0.05) is 19.1 Å². The predicted molar refractivity (Wildman–Crippen MR) is 84.7 cm³/mol. The maximum absolute atomic E-state index is 13.7. The van der Waals surface area contributed by atoms with Crippen LogP contribution in [0.5, 0.6) is 0 Å². The van der Waals surface area contributed by atoms with Gasteiger partial charge in [-0.25, -0.2) is 8.78 Å². The number of halogens is 5. The summed E-state index contributed by atoms with van der Waals surface area (Å²) >= 11 is 0. The van der Waals surface area contributed by atoms with Crippen molar-refractivity contribution < 1.29 is 22.0 Å². The first-order chi connectivity index (χ1) is 11.3. The molecule has 2 rings (SSSR count). The average molecular weight is 346 g/mol. The summed E-state index contributed by atoms with van der Waals surface area (Å²) in [7, 11) is 0. The first-order valence-electron chi connectivity index (χ1n) is 8.54. The Kier molecular flexibility index (Phi) is 6.41. The fraction of sp³-hybridized carbons (Fsp3) is 0.579. The van der Waals surface area contributed by atoms with Crippen molar-refractivity contribution in [2.45, 2.75) is 64.0 Å². The van der Waals surface area contributed by atoms with E-state index in [4.69, 9.17) is 0 Å². The van der Waals surface area contributed by atoms with Crippen LogP contribution in [0.2, 0.25) is 0 Å². The van der Waals surface area contributed by atoms with Crippen molar-refractivity contribution in [1.29, 1.82) is 0 Å². The lowest BCUT2D eigenvalue weighted by atomic mass is 9.77. The van der Waals surface area contributed by atoms with E-state index in [1.165, 1.54) is 0 Å². The van der Waals surface area contributed by atoms with Gasteiger partial charge in [0, 0.05) is 0 Å². The summed E-state index contributed by atoms with van der Waals surface area (Å²) in [5.41, 5.74) is -1.44. The molecule has 1 aliphatic carbocycles. The van der Waals surface area contributed by atoms with Crippen LogP contribution in [-0.4, -0.2) is 0 Å². The molecule has 0 N–H and O–H groups in total. The quantitative estimate of drug-likeness (QED) is 0.397. The number of hydrogen-bond acceptors (Lipinski definition) is 0. The second kappa shape index (κ2) is 8.13. The largest absolute Gasteiger partial charge is 0.422 e. The van der Waals surface area contributed by atoms with Crippen LogP contribution in [0.3, 0.4) is 0 Å². The van der Waals surface area contributed by atoms with Crippen molar-refractivity contribution in [2.24, 2.45) is 5.92 Å². The molecule has 1 aliphatic rings. The van der Waals surface area contributed by atoms with Crippen molar-refractivity contribution in [3.63, 3.8) is 0 Å². The zero-order valence-electron chi connectivity index (χ0n) is 13.8. The van der Waals surface area contributed by atoms with Crippen LogP contribution < -0.4 is 0 Å². The second-order valence-corrected chi connectivity index (χ2v) is 6.53. The van der Waals surface area contributed by atoms with E-state index in [1.54, 1.807) is 0 Å². The predicted octanol–water partition coefficient (Wildman–Crippen LogP) is 7.00. The van der Waals surface area contributed by atoms with Crippen LogP contribution in [0.15, 0.2) is 24.3 Å². The molecule has 0 nitrogen and oxygen atoms in total. The molecule has 0 heterocycles. The highest BCUT2D eigenvalue weighted by atomic mass is 19.4. The fourth-order valence-electron chi connectivity index (χ4n) is 3.50. The molecule has 0 atom stereocenters. The van der Waals surface area contributed by atoms with Crippen molar-refractivity contribution in [3.05, 3.63) is 47.0 Å². The number of hydrogen-bond donors (Lipinski definition) is 0. The van der Waals surface area contributed by atoms with Gasteiger partial charge in [-0.05, 0) is 74.5 Å². The van der Waals surface area contributed by atoms with Gasteiger partial charge in [0.15, 0.2) is 0 Å². The lowest BCUT2D eigenvalue weighted by molar-refractivity contribution is -0.142. The lowest BCUT2D eigenvalue weighted by Gasteiger charge is -2.29. The topological polar surface area (TPSA) is 0 Å². The van der Waals surface area contributed by atoms with E-state index in [9.17, 15) is 22.0 Å². The fourth-order valence-corrected chi connectivity index (χ4v) is 3.50. The Morgan fingerprint density at radius 2 is 1.58 bits per heavy atom. The number of rotatable bonds is 5. The van der Waals surface area contributed by atoms with Gasteiger partial charge in [-0.3, -0.25) is 0 Å². The van der Waals surface area contributed by atoms with Crippen molar-refractivity contribution in [1.82, 2.24) is 0 Å². The highest BCUT2D eigenvalue weighted by Gasteiger charge is 2.38. The van der Waals surface area contributed by atoms with E-state index in [0.717, 1.165) is 57.1 Å². The Balaban J connectivity index is 1.98. The minimum absolute atomic E-state index is 0.0567. The molecule has 1 aromatic carbocycles. The molecule has 0 radical (unpaired) electrons. The zero-order valence-corrected chi connectivity index (χ0v) is 13.8. The van der Waals surface area contributed by atoms with E-state index in [-0.39, 0.29) is 5.92 Å². The van der Waals surface area contributed by atoms with Crippen molar-refractivity contribution in [3.8, 4) is 0 Å². The third kappa shape index (κ3) is 4.81. The third-order valence-corrected chi connectivity index (χ3v) is 4.81. The molecule has 0 saturated heterocycles. The van der Waals surface area contributed by atoms with E-state index in [1.807, 2.05) is 0 Å². The number of benzene rings is 1. The van der Waals surface area contributed by atoms with Gasteiger partial charge in [0.25, 0.3) is 0 Å². The highest BCUT2D eigenvalue weighted by molar-refractivity contribution is 5.30. The Bertz CT molecular complexity index is 543. The summed E-state index contributed by atoms with van der Waals surface area (Å²) in [6.45, 7) is 2.09. The van der Waals surface area contributed by atoms with Crippen LogP contribution in [0.25, 0.3) is 0 Å². The monoisotopic (exact) mass is 346 g/mol. The van der Waals surface area contributed by atoms with Gasteiger partial charge in [0.1, 0.15) is 17.2 Å². The van der Waals surface area contributed by atoms with Gasteiger partial charge in [0.2, 0.25) is 0 Å². The molecular formula is C19H23F5. The first-order valence-corrected chi connectivity index (χ1v) is 8.54. The maximum Gasteiger partial charge on any atom is 0.422 e. The summed E-state index contributed by atoms with van der Waals surface area (Å²) in [5.74, 6) is -2.49. The molecule has 1 saturated carbocycles. The van der Waals surface area contributed by atoms with Crippen LogP contribution >= 0.6 is 0 Å². The van der Waals surface area contributed by atoms with Crippen LogP contribution in [-0.2, 0) is 6.18 Å². The van der Waals surface area contributed by atoms with E-state index >= 15 is 0 Å². The van der Waals surface area contributed by atoms with Crippen LogP contribution in [0, 0.1) is 17.6 Å². The summed E-state index contributed by atoms with van der Waals surface area (Å²) < 4.78 is 65.3. The molecule has 0 bridgehead atoms. The number of alkyl halides is 3. The minimum atomic E-state index is -5.00. The standard InChI is InChI=1S/C19H23F5/c1-2-3-4-5-6-13-7-9-14(10-8-13)15-11-16(20)18(17(21)12-15)19(22,23)24/h3-4,11-14H,2,5-10H2,1H3. The van der Waals surface area contributed by atoms with Crippen molar-refractivity contribution >= 4 is 0 Å². The summed E-state index contributed by atoms with van der Waals surface area (Å²) in [6, 6.07) is 1.72. The molecule has 1 aromatic rings. The van der Waals surface area contributed by atoms with Gasteiger partial charge < -0.3 is 0 Å². The summed E-state index contributed by atoms with van der Waals surface area (Å²) in [4.78, 5) is 0. The normalized spacial score (nSPS) is 22.2. The van der Waals surface area contributed by atoms with Gasteiger partial charge in [0.05, 0.1) is 0 Å². The minimum Gasteiger partial charge on any atom is -0.206 e. The van der Waals surface area contributed by atoms with E-state index in [2.05, 4.69) is 19.1 Å². The SMILES string of the molecule is CCC=CCCC1CCC(c2cc(F)c(C(F)(F)F)c(F)c2)CC1. The Morgan fingerprint density at radius 1 is 1.00 bits per heavy atom. The molecule has 24 heavy (non-hydrogen) atoms. The number of allylic oxidation sites excluding steroid dienone is 2.